The molecule has 2 amide bonds. The highest BCUT2D eigenvalue weighted by molar-refractivity contribution is 7.11. The minimum Gasteiger partial charge on any atom is -0.347 e. The summed E-state index contributed by atoms with van der Waals surface area (Å²) in [4.78, 5) is 31.4. The van der Waals surface area contributed by atoms with Crippen LogP contribution in [0.4, 0.5) is 0 Å². The number of likely N-dealkylation sites (N-methyl/N-ethyl adjacent to an activating group) is 2. The van der Waals surface area contributed by atoms with Crippen molar-refractivity contribution in [3.63, 3.8) is 0 Å². The van der Waals surface area contributed by atoms with Crippen LogP contribution in [-0.2, 0) is 4.79 Å². The van der Waals surface area contributed by atoms with Crippen molar-refractivity contribution in [3.05, 3.63) is 16.1 Å². The highest BCUT2D eigenvalue weighted by Crippen LogP contribution is 2.14. The molecule has 1 aromatic heterocycles. The number of aromatic nitrogens is 1. The van der Waals surface area contributed by atoms with Gasteiger partial charge in [0, 0.05) is 20.6 Å². The maximum atomic E-state index is 12.1. The van der Waals surface area contributed by atoms with E-state index < -0.39 is 0 Å². The first-order valence-electron chi connectivity index (χ1n) is 5.36. The number of aryl methyl sites for hydroxylation is 1. The van der Waals surface area contributed by atoms with Crippen LogP contribution >= 0.6 is 11.3 Å². The molecule has 0 aliphatic heterocycles. The van der Waals surface area contributed by atoms with Crippen LogP contribution in [0.5, 0.6) is 0 Å². The minimum atomic E-state index is -0.122. The first-order valence-corrected chi connectivity index (χ1v) is 6.24. The van der Waals surface area contributed by atoms with Crippen molar-refractivity contribution in [3.8, 4) is 0 Å². The number of nitrogens with zero attached hydrogens (tertiary/aromatic N) is 3. The largest absolute Gasteiger partial charge is 0.347 e. The fourth-order valence-electron chi connectivity index (χ4n) is 1.28. The molecule has 5 nitrogen and oxygen atoms in total. The minimum absolute atomic E-state index is 0.0811. The third kappa shape index (κ3) is 3.26. The Balaban J connectivity index is 2.78. The van der Waals surface area contributed by atoms with E-state index in [1.165, 1.54) is 21.1 Å². The smallest absolute Gasteiger partial charge is 0.266 e. The zero-order valence-electron chi connectivity index (χ0n) is 10.6. The molecule has 0 aliphatic rings. The second kappa shape index (κ2) is 5.77. The van der Waals surface area contributed by atoms with Crippen molar-refractivity contribution < 1.29 is 9.59 Å². The fourth-order valence-corrected chi connectivity index (χ4v) is 2.05. The molecule has 0 aromatic carbocycles. The van der Waals surface area contributed by atoms with E-state index in [4.69, 9.17) is 0 Å². The van der Waals surface area contributed by atoms with E-state index in [2.05, 4.69) is 4.98 Å². The van der Waals surface area contributed by atoms with Gasteiger partial charge in [0.05, 0.1) is 11.2 Å². The molecule has 0 spiro atoms. The Hall–Kier alpha value is -1.43. The Morgan fingerprint density at radius 3 is 2.47 bits per heavy atom. The van der Waals surface area contributed by atoms with Crippen LogP contribution in [-0.4, -0.2) is 53.8 Å². The summed E-state index contributed by atoms with van der Waals surface area (Å²) in [7, 11) is 3.36. The predicted molar refractivity (Wildman–Crippen MR) is 67.1 cm³/mol. The second-order valence-corrected chi connectivity index (χ2v) is 4.73. The van der Waals surface area contributed by atoms with Gasteiger partial charge in [-0.25, -0.2) is 4.98 Å². The van der Waals surface area contributed by atoms with Gasteiger partial charge in [-0.2, -0.15) is 0 Å². The number of carbonyl (C=O) groups is 2. The molecular formula is C11H17N3O2S. The Morgan fingerprint density at radius 2 is 2.06 bits per heavy atom. The third-order valence-corrected chi connectivity index (χ3v) is 3.35. The van der Waals surface area contributed by atoms with E-state index in [-0.39, 0.29) is 18.4 Å². The van der Waals surface area contributed by atoms with Crippen molar-refractivity contribution in [1.82, 2.24) is 14.8 Å². The average molecular weight is 255 g/mol. The first-order chi connectivity index (χ1) is 7.97. The van der Waals surface area contributed by atoms with Gasteiger partial charge in [-0.05, 0) is 13.8 Å². The van der Waals surface area contributed by atoms with Gasteiger partial charge in [-0.3, -0.25) is 9.59 Å². The van der Waals surface area contributed by atoms with Crippen molar-refractivity contribution in [2.75, 3.05) is 27.2 Å². The van der Waals surface area contributed by atoms with Crippen LogP contribution in [0.25, 0.3) is 0 Å². The van der Waals surface area contributed by atoms with Crippen LogP contribution in [0, 0.1) is 6.92 Å². The van der Waals surface area contributed by atoms with Crippen LogP contribution < -0.4 is 0 Å². The van der Waals surface area contributed by atoms with Gasteiger partial charge in [-0.15, -0.1) is 11.3 Å². The molecule has 1 heterocycles. The molecule has 94 valence electrons. The summed E-state index contributed by atoms with van der Waals surface area (Å²) in [5.74, 6) is -0.204. The van der Waals surface area contributed by atoms with Crippen molar-refractivity contribution >= 4 is 23.2 Å². The molecule has 1 rings (SSSR count). The number of amides is 2. The molecule has 0 aliphatic carbocycles. The van der Waals surface area contributed by atoms with Gasteiger partial charge in [0.15, 0.2) is 0 Å². The van der Waals surface area contributed by atoms with Crippen molar-refractivity contribution in [2.45, 2.75) is 13.8 Å². The quantitative estimate of drug-likeness (QED) is 0.806. The SMILES string of the molecule is CCN(CC(=O)N(C)C)C(=O)c1scnc1C. The van der Waals surface area contributed by atoms with Crippen LogP contribution in [0.3, 0.4) is 0 Å². The summed E-state index contributed by atoms with van der Waals surface area (Å²) >= 11 is 1.31. The van der Waals surface area contributed by atoms with Crippen molar-refractivity contribution in [1.29, 1.82) is 0 Å². The summed E-state index contributed by atoms with van der Waals surface area (Å²) < 4.78 is 0. The molecule has 0 atom stereocenters. The van der Waals surface area contributed by atoms with Gasteiger partial charge in [-0.1, -0.05) is 0 Å². The van der Waals surface area contributed by atoms with E-state index in [1.807, 2.05) is 6.92 Å². The summed E-state index contributed by atoms with van der Waals surface area (Å²) in [6.45, 7) is 4.28. The second-order valence-electron chi connectivity index (χ2n) is 3.87. The summed E-state index contributed by atoms with van der Waals surface area (Å²) in [6, 6.07) is 0. The normalized spacial score (nSPS) is 10.1. The van der Waals surface area contributed by atoms with Crippen molar-refractivity contribution in [2.24, 2.45) is 0 Å². The van der Waals surface area contributed by atoms with Gasteiger partial charge >= 0.3 is 0 Å². The van der Waals surface area contributed by atoms with E-state index in [0.29, 0.717) is 11.4 Å². The third-order valence-electron chi connectivity index (χ3n) is 2.43. The molecule has 1 aromatic rings. The maximum Gasteiger partial charge on any atom is 0.266 e. The number of thiazole rings is 1. The number of carbonyl (C=O) groups excluding carboxylic acids is 2. The zero-order valence-corrected chi connectivity index (χ0v) is 11.4. The van der Waals surface area contributed by atoms with Gasteiger partial charge in [0.1, 0.15) is 11.4 Å². The number of hydrogen-bond acceptors (Lipinski definition) is 4. The molecule has 0 fully saturated rings. The number of hydrogen-bond donors (Lipinski definition) is 0. The highest BCUT2D eigenvalue weighted by Gasteiger charge is 2.21. The Morgan fingerprint density at radius 1 is 1.41 bits per heavy atom. The average Bonchev–Trinajstić information content (AvgIpc) is 2.70. The van der Waals surface area contributed by atoms with E-state index >= 15 is 0 Å². The van der Waals surface area contributed by atoms with Crippen LogP contribution in [0.1, 0.15) is 22.3 Å². The predicted octanol–water partition coefficient (Wildman–Crippen LogP) is 1.00. The number of rotatable bonds is 4. The summed E-state index contributed by atoms with van der Waals surface area (Å²) in [5.41, 5.74) is 2.36. The van der Waals surface area contributed by atoms with E-state index in [9.17, 15) is 9.59 Å². The molecule has 0 N–H and O–H groups in total. The molecule has 0 radical (unpaired) electrons. The highest BCUT2D eigenvalue weighted by atomic mass is 32.1. The van der Waals surface area contributed by atoms with Crippen LogP contribution in [0.2, 0.25) is 0 Å². The molecule has 17 heavy (non-hydrogen) atoms. The van der Waals surface area contributed by atoms with Gasteiger partial charge in [0.2, 0.25) is 5.91 Å². The monoisotopic (exact) mass is 255 g/mol. The van der Waals surface area contributed by atoms with E-state index in [0.717, 1.165) is 5.69 Å². The molecule has 0 bridgehead atoms. The lowest BCUT2D eigenvalue weighted by Crippen LogP contribution is -2.40. The topological polar surface area (TPSA) is 53.5 Å². The first kappa shape index (κ1) is 13.6. The summed E-state index contributed by atoms with van der Waals surface area (Å²) in [5, 5.41) is 0. The van der Waals surface area contributed by atoms with Gasteiger partial charge < -0.3 is 9.80 Å². The van der Waals surface area contributed by atoms with Crippen LogP contribution in [0.15, 0.2) is 5.51 Å². The lowest BCUT2D eigenvalue weighted by molar-refractivity contribution is -0.129. The Kier molecular flexibility index (Phi) is 4.62. The van der Waals surface area contributed by atoms with E-state index in [1.54, 1.807) is 26.5 Å². The Bertz CT molecular complexity index is 415. The van der Waals surface area contributed by atoms with Gasteiger partial charge in [0.25, 0.3) is 5.91 Å². The Labute approximate surface area is 105 Å². The molecule has 0 saturated heterocycles. The fraction of sp³-hybridized carbons (Fsp3) is 0.545. The zero-order chi connectivity index (χ0) is 13.0. The molecule has 6 heteroatoms. The maximum absolute atomic E-state index is 12.1. The summed E-state index contributed by atoms with van der Waals surface area (Å²) in [6.07, 6.45) is 0. The lowest BCUT2D eigenvalue weighted by atomic mass is 10.3. The molecular weight excluding hydrogens is 238 g/mol. The molecule has 0 unspecified atom stereocenters. The molecule has 0 saturated carbocycles. The standard InChI is InChI=1S/C11H17N3O2S/c1-5-14(6-9(15)13(3)4)11(16)10-8(2)12-7-17-10/h7H,5-6H2,1-4H3. The lowest BCUT2D eigenvalue weighted by Gasteiger charge is -2.21.